The summed E-state index contributed by atoms with van der Waals surface area (Å²) in [5.41, 5.74) is 4.61. The number of aromatic nitrogens is 1. The summed E-state index contributed by atoms with van der Waals surface area (Å²) in [6, 6.07) is 14.6. The van der Waals surface area contributed by atoms with Crippen molar-refractivity contribution in [1.29, 1.82) is 0 Å². The van der Waals surface area contributed by atoms with Gasteiger partial charge in [-0.1, -0.05) is 6.07 Å². The molecule has 7 heteroatoms. The highest BCUT2D eigenvalue weighted by molar-refractivity contribution is 5.95. The first-order chi connectivity index (χ1) is 13.2. The lowest BCUT2D eigenvalue weighted by Gasteiger charge is -2.07. The van der Waals surface area contributed by atoms with Crippen molar-refractivity contribution in [3.8, 4) is 22.9 Å². The molecule has 0 unspecified atom stereocenters. The van der Waals surface area contributed by atoms with Crippen LogP contribution < -0.4 is 19.6 Å². The van der Waals surface area contributed by atoms with Crippen LogP contribution in [0.15, 0.2) is 66.0 Å². The van der Waals surface area contributed by atoms with E-state index in [-0.39, 0.29) is 12.7 Å². The van der Waals surface area contributed by atoms with Crippen molar-refractivity contribution in [2.45, 2.75) is 0 Å². The van der Waals surface area contributed by atoms with Gasteiger partial charge in [0, 0.05) is 35.3 Å². The smallest absolute Gasteiger partial charge is 0.271 e. The third kappa shape index (κ3) is 3.48. The fourth-order valence-corrected chi connectivity index (χ4v) is 2.76. The maximum Gasteiger partial charge on any atom is 0.271 e. The standard InChI is InChI=1S/C20H17N3O4/c1-25-17-11-19-18(26-13-27-19)10-15(17)12-21-22-20(24)14-5-4-6-16(9-14)23-7-2-3-8-23/h2-12H,13H2,1H3,(H,22,24)/b21-12-. The van der Waals surface area contributed by atoms with Gasteiger partial charge in [-0.15, -0.1) is 0 Å². The Balaban J connectivity index is 1.49. The minimum atomic E-state index is -0.306. The van der Waals surface area contributed by atoms with E-state index in [0.717, 1.165) is 5.69 Å². The summed E-state index contributed by atoms with van der Waals surface area (Å²) in [6.07, 6.45) is 5.34. The lowest BCUT2D eigenvalue weighted by atomic mass is 10.2. The van der Waals surface area contributed by atoms with E-state index < -0.39 is 0 Å². The van der Waals surface area contributed by atoms with Gasteiger partial charge < -0.3 is 18.8 Å². The van der Waals surface area contributed by atoms with Crippen molar-refractivity contribution in [2.24, 2.45) is 5.10 Å². The number of methoxy groups -OCH3 is 1. The van der Waals surface area contributed by atoms with Crippen molar-refractivity contribution in [2.75, 3.05) is 13.9 Å². The molecule has 0 saturated carbocycles. The van der Waals surface area contributed by atoms with Crippen LogP contribution in [0.4, 0.5) is 0 Å². The second kappa shape index (κ2) is 7.25. The highest BCUT2D eigenvalue weighted by Gasteiger charge is 2.17. The molecule has 0 aliphatic carbocycles. The van der Waals surface area contributed by atoms with Gasteiger partial charge in [-0.25, -0.2) is 5.43 Å². The van der Waals surface area contributed by atoms with Crippen LogP contribution in [0.3, 0.4) is 0 Å². The Morgan fingerprint density at radius 2 is 1.93 bits per heavy atom. The molecule has 3 aromatic rings. The van der Waals surface area contributed by atoms with E-state index in [1.165, 1.54) is 6.21 Å². The van der Waals surface area contributed by atoms with E-state index in [2.05, 4.69) is 10.5 Å². The summed E-state index contributed by atoms with van der Waals surface area (Å²) in [5.74, 6) is 1.50. The normalized spacial score (nSPS) is 12.3. The van der Waals surface area contributed by atoms with Gasteiger partial charge in [-0.2, -0.15) is 5.10 Å². The molecule has 1 N–H and O–H groups in total. The molecule has 1 aliphatic heterocycles. The second-order valence-electron chi connectivity index (χ2n) is 5.79. The van der Waals surface area contributed by atoms with Crippen molar-refractivity contribution in [3.63, 3.8) is 0 Å². The fourth-order valence-electron chi connectivity index (χ4n) is 2.76. The van der Waals surface area contributed by atoms with E-state index in [9.17, 15) is 4.79 Å². The number of rotatable bonds is 5. The van der Waals surface area contributed by atoms with Crippen LogP contribution in [-0.2, 0) is 0 Å². The van der Waals surface area contributed by atoms with E-state index in [0.29, 0.717) is 28.4 Å². The Morgan fingerprint density at radius 3 is 2.70 bits per heavy atom. The molecule has 0 bridgehead atoms. The van der Waals surface area contributed by atoms with Gasteiger partial charge in [0.25, 0.3) is 5.91 Å². The Morgan fingerprint density at radius 1 is 1.15 bits per heavy atom. The topological polar surface area (TPSA) is 74.1 Å². The second-order valence-corrected chi connectivity index (χ2v) is 5.79. The van der Waals surface area contributed by atoms with E-state index in [1.54, 1.807) is 31.4 Å². The molecular weight excluding hydrogens is 346 g/mol. The molecule has 0 radical (unpaired) electrons. The number of carbonyl (C=O) groups excluding carboxylic acids is 1. The number of ether oxygens (including phenoxy) is 3. The van der Waals surface area contributed by atoms with Crippen LogP contribution in [0.1, 0.15) is 15.9 Å². The van der Waals surface area contributed by atoms with Crippen molar-refractivity contribution < 1.29 is 19.0 Å². The van der Waals surface area contributed by atoms with Crippen molar-refractivity contribution >= 4 is 12.1 Å². The largest absolute Gasteiger partial charge is 0.496 e. The predicted octanol–water partition coefficient (Wildman–Crippen LogP) is 2.98. The third-order valence-electron chi connectivity index (χ3n) is 4.11. The molecule has 1 aromatic heterocycles. The predicted molar refractivity (Wildman–Crippen MR) is 99.9 cm³/mol. The van der Waals surface area contributed by atoms with Gasteiger partial charge >= 0.3 is 0 Å². The maximum absolute atomic E-state index is 12.4. The molecule has 4 rings (SSSR count). The number of nitrogens with zero attached hydrogens (tertiary/aromatic N) is 2. The van der Waals surface area contributed by atoms with E-state index in [1.807, 2.05) is 41.2 Å². The number of hydrogen-bond acceptors (Lipinski definition) is 5. The third-order valence-corrected chi connectivity index (χ3v) is 4.11. The highest BCUT2D eigenvalue weighted by Crippen LogP contribution is 2.37. The molecule has 136 valence electrons. The van der Waals surface area contributed by atoms with E-state index in [4.69, 9.17) is 14.2 Å². The summed E-state index contributed by atoms with van der Waals surface area (Å²) in [5, 5.41) is 4.04. The van der Waals surface area contributed by atoms with Gasteiger partial charge in [0.1, 0.15) is 5.75 Å². The molecule has 0 fully saturated rings. The molecule has 0 atom stereocenters. The average Bonchev–Trinajstić information content (AvgIpc) is 3.39. The van der Waals surface area contributed by atoms with Crippen molar-refractivity contribution in [3.05, 3.63) is 72.1 Å². The zero-order valence-electron chi connectivity index (χ0n) is 14.6. The molecule has 0 saturated heterocycles. The summed E-state index contributed by atoms with van der Waals surface area (Å²) >= 11 is 0. The fraction of sp³-hybridized carbons (Fsp3) is 0.100. The Kier molecular flexibility index (Phi) is 4.49. The first-order valence-corrected chi connectivity index (χ1v) is 8.29. The summed E-state index contributed by atoms with van der Waals surface area (Å²) in [7, 11) is 1.56. The Bertz CT molecular complexity index is 996. The molecule has 2 aromatic carbocycles. The number of fused-ring (bicyclic) bond motifs is 1. The zero-order chi connectivity index (χ0) is 18.6. The Labute approximate surface area is 155 Å². The van der Waals surface area contributed by atoms with Gasteiger partial charge in [0.05, 0.1) is 13.3 Å². The van der Waals surface area contributed by atoms with Crippen LogP contribution in [-0.4, -0.2) is 30.6 Å². The quantitative estimate of drug-likeness (QED) is 0.559. The first-order valence-electron chi connectivity index (χ1n) is 8.29. The summed E-state index contributed by atoms with van der Waals surface area (Å²) < 4.78 is 17.9. The molecule has 0 spiro atoms. The lowest BCUT2D eigenvalue weighted by molar-refractivity contribution is 0.0955. The minimum Gasteiger partial charge on any atom is -0.496 e. The SMILES string of the molecule is COc1cc2c(cc1/C=N\NC(=O)c1cccc(-n3cccc3)c1)OCO2. The number of carbonyl (C=O) groups is 1. The number of amides is 1. The van der Waals surface area contributed by atoms with Crippen LogP contribution >= 0.6 is 0 Å². The van der Waals surface area contributed by atoms with Gasteiger partial charge in [-0.3, -0.25) is 4.79 Å². The molecule has 27 heavy (non-hydrogen) atoms. The number of hydrazone groups is 1. The monoisotopic (exact) mass is 363 g/mol. The summed E-state index contributed by atoms with van der Waals surface area (Å²) in [6.45, 7) is 0.174. The maximum atomic E-state index is 12.4. The molecule has 1 amide bonds. The lowest BCUT2D eigenvalue weighted by Crippen LogP contribution is -2.17. The zero-order valence-corrected chi connectivity index (χ0v) is 14.6. The van der Waals surface area contributed by atoms with Gasteiger partial charge in [-0.05, 0) is 36.4 Å². The van der Waals surface area contributed by atoms with Crippen LogP contribution in [0.25, 0.3) is 5.69 Å². The molecule has 7 nitrogen and oxygen atoms in total. The highest BCUT2D eigenvalue weighted by atomic mass is 16.7. The van der Waals surface area contributed by atoms with Crippen LogP contribution in [0.5, 0.6) is 17.2 Å². The van der Waals surface area contributed by atoms with Gasteiger partial charge in [0.15, 0.2) is 11.5 Å². The van der Waals surface area contributed by atoms with Crippen molar-refractivity contribution in [1.82, 2.24) is 9.99 Å². The average molecular weight is 363 g/mol. The summed E-state index contributed by atoms with van der Waals surface area (Å²) in [4.78, 5) is 12.4. The Hall–Kier alpha value is -3.74. The van der Waals surface area contributed by atoms with E-state index >= 15 is 0 Å². The van der Waals surface area contributed by atoms with Crippen LogP contribution in [0, 0.1) is 0 Å². The molecule has 1 aliphatic rings. The number of hydrogen-bond donors (Lipinski definition) is 1. The van der Waals surface area contributed by atoms with Gasteiger partial charge in [0.2, 0.25) is 6.79 Å². The molecular formula is C20H17N3O4. The minimum absolute atomic E-state index is 0.174. The van der Waals surface area contributed by atoms with Crippen LogP contribution in [0.2, 0.25) is 0 Å². The first kappa shape index (κ1) is 16.7. The number of nitrogens with one attached hydrogen (secondary N) is 1. The molecule has 2 heterocycles. The number of benzene rings is 2.